The van der Waals surface area contributed by atoms with Gasteiger partial charge in [0.15, 0.2) is 5.13 Å². The van der Waals surface area contributed by atoms with Crippen molar-refractivity contribution in [3.63, 3.8) is 0 Å². The van der Waals surface area contributed by atoms with Crippen LogP contribution in [0.2, 0.25) is 0 Å². The maximum absolute atomic E-state index is 11.9. The van der Waals surface area contributed by atoms with Gasteiger partial charge in [0.25, 0.3) is 0 Å². The molecule has 0 spiro atoms. The molecule has 7 heteroatoms. The van der Waals surface area contributed by atoms with Gasteiger partial charge in [-0.15, -0.1) is 11.3 Å². The van der Waals surface area contributed by atoms with Crippen molar-refractivity contribution in [2.24, 2.45) is 0 Å². The van der Waals surface area contributed by atoms with Gasteiger partial charge in [0.05, 0.1) is 6.54 Å². The van der Waals surface area contributed by atoms with Gasteiger partial charge in [-0.25, -0.2) is 4.98 Å². The van der Waals surface area contributed by atoms with Crippen molar-refractivity contribution in [3.8, 4) is 0 Å². The highest BCUT2D eigenvalue weighted by atomic mass is 32.1. The van der Waals surface area contributed by atoms with Gasteiger partial charge < -0.3 is 10.2 Å². The van der Waals surface area contributed by atoms with Crippen LogP contribution in [-0.4, -0.2) is 30.8 Å². The number of rotatable bonds is 6. The SMILES string of the molecule is CCN(CC)c1ncc(CNCC(F)(F)F)s1. The summed E-state index contributed by atoms with van der Waals surface area (Å²) in [6.07, 6.45) is -2.53. The summed E-state index contributed by atoms with van der Waals surface area (Å²) >= 11 is 1.43. The van der Waals surface area contributed by atoms with E-state index >= 15 is 0 Å². The van der Waals surface area contributed by atoms with Crippen LogP contribution in [0, 0.1) is 0 Å². The molecule has 0 fully saturated rings. The van der Waals surface area contributed by atoms with E-state index < -0.39 is 12.7 Å². The van der Waals surface area contributed by atoms with Crippen molar-refractivity contribution in [1.29, 1.82) is 0 Å². The van der Waals surface area contributed by atoms with Gasteiger partial charge >= 0.3 is 6.18 Å². The molecule has 17 heavy (non-hydrogen) atoms. The second kappa shape index (κ2) is 6.20. The molecule has 0 saturated heterocycles. The van der Waals surface area contributed by atoms with Gasteiger partial charge in [0, 0.05) is 30.7 Å². The van der Waals surface area contributed by atoms with Crippen molar-refractivity contribution >= 4 is 16.5 Å². The summed E-state index contributed by atoms with van der Waals surface area (Å²) in [6.45, 7) is 4.97. The van der Waals surface area contributed by atoms with Gasteiger partial charge in [-0.05, 0) is 13.8 Å². The highest BCUT2D eigenvalue weighted by molar-refractivity contribution is 7.15. The number of anilines is 1. The molecule has 0 aliphatic rings. The zero-order valence-corrected chi connectivity index (χ0v) is 10.7. The fourth-order valence-corrected chi connectivity index (χ4v) is 2.35. The van der Waals surface area contributed by atoms with Crippen molar-refractivity contribution < 1.29 is 13.2 Å². The average Bonchev–Trinajstić information content (AvgIpc) is 2.67. The smallest absolute Gasteiger partial charge is 0.349 e. The molecule has 98 valence electrons. The van der Waals surface area contributed by atoms with E-state index in [2.05, 4.69) is 15.2 Å². The Bertz CT molecular complexity index is 334. The number of alkyl halides is 3. The van der Waals surface area contributed by atoms with E-state index in [1.54, 1.807) is 6.20 Å². The molecule has 1 aromatic rings. The lowest BCUT2D eigenvalue weighted by atomic mass is 10.5. The Hall–Kier alpha value is -0.820. The zero-order chi connectivity index (χ0) is 12.9. The van der Waals surface area contributed by atoms with Crippen LogP contribution in [0.15, 0.2) is 6.20 Å². The van der Waals surface area contributed by atoms with E-state index in [-0.39, 0.29) is 6.54 Å². The van der Waals surface area contributed by atoms with Crippen molar-refractivity contribution in [3.05, 3.63) is 11.1 Å². The van der Waals surface area contributed by atoms with E-state index in [0.717, 1.165) is 23.1 Å². The van der Waals surface area contributed by atoms with Gasteiger partial charge in [-0.2, -0.15) is 13.2 Å². The van der Waals surface area contributed by atoms with E-state index in [4.69, 9.17) is 0 Å². The number of nitrogens with zero attached hydrogens (tertiary/aromatic N) is 2. The molecule has 1 heterocycles. The van der Waals surface area contributed by atoms with Gasteiger partial charge in [-0.1, -0.05) is 0 Å². The lowest BCUT2D eigenvalue weighted by molar-refractivity contribution is -0.125. The van der Waals surface area contributed by atoms with Crippen LogP contribution >= 0.6 is 11.3 Å². The molecule has 1 aromatic heterocycles. The molecule has 0 aliphatic carbocycles. The van der Waals surface area contributed by atoms with Crippen molar-refractivity contribution in [2.45, 2.75) is 26.6 Å². The summed E-state index contributed by atoms with van der Waals surface area (Å²) in [4.78, 5) is 7.08. The van der Waals surface area contributed by atoms with Crippen LogP contribution in [0.1, 0.15) is 18.7 Å². The summed E-state index contributed by atoms with van der Waals surface area (Å²) in [7, 11) is 0. The molecule has 1 N–H and O–H groups in total. The molecule has 1 rings (SSSR count). The van der Waals surface area contributed by atoms with Gasteiger partial charge in [0.2, 0.25) is 0 Å². The number of hydrogen-bond acceptors (Lipinski definition) is 4. The minimum absolute atomic E-state index is 0.207. The Morgan fingerprint density at radius 2 is 2.00 bits per heavy atom. The quantitative estimate of drug-likeness (QED) is 0.859. The van der Waals surface area contributed by atoms with Gasteiger partial charge in [0.1, 0.15) is 0 Å². The Balaban J connectivity index is 2.46. The standard InChI is InChI=1S/C10H16F3N3S/c1-3-16(4-2)9-15-6-8(17-9)5-14-7-10(11,12)13/h6,14H,3-5,7H2,1-2H3. The van der Waals surface area contributed by atoms with Crippen LogP contribution in [0.4, 0.5) is 18.3 Å². The number of nitrogens with one attached hydrogen (secondary N) is 1. The fraction of sp³-hybridized carbons (Fsp3) is 0.700. The predicted octanol–water partition coefficient (Wildman–Crippen LogP) is 2.64. The molecular formula is C10H16F3N3S. The number of thiazole rings is 1. The second-order valence-electron chi connectivity index (χ2n) is 3.50. The first-order valence-electron chi connectivity index (χ1n) is 5.43. The minimum atomic E-state index is -4.16. The van der Waals surface area contributed by atoms with E-state index in [1.165, 1.54) is 11.3 Å². The normalized spacial score (nSPS) is 11.8. The lowest BCUT2D eigenvalue weighted by Crippen LogP contribution is -2.27. The van der Waals surface area contributed by atoms with Crippen LogP contribution in [0.5, 0.6) is 0 Å². The summed E-state index contributed by atoms with van der Waals surface area (Å²) in [6, 6.07) is 0. The van der Waals surface area contributed by atoms with E-state index in [9.17, 15) is 13.2 Å². The highest BCUT2D eigenvalue weighted by Gasteiger charge is 2.26. The summed E-state index contributed by atoms with van der Waals surface area (Å²) in [5.74, 6) is 0. The van der Waals surface area contributed by atoms with Crippen LogP contribution < -0.4 is 10.2 Å². The lowest BCUT2D eigenvalue weighted by Gasteiger charge is -2.16. The third-order valence-electron chi connectivity index (χ3n) is 2.20. The third kappa shape index (κ3) is 4.91. The van der Waals surface area contributed by atoms with Crippen LogP contribution in [-0.2, 0) is 6.54 Å². The topological polar surface area (TPSA) is 28.2 Å². The Labute approximate surface area is 103 Å². The van der Waals surface area contributed by atoms with Crippen LogP contribution in [0.25, 0.3) is 0 Å². The molecule has 0 amide bonds. The fourth-order valence-electron chi connectivity index (χ4n) is 1.35. The molecule has 0 radical (unpaired) electrons. The van der Waals surface area contributed by atoms with Crippen molar-refractivity contribution in [1.82, 2.24) is 10.3 Å². The average molecular weight is 267 g/mol. The highest BCUT2D eigenvalue weighted by Crippen LogP contribution is 2.22. The van der Waals surface area contributed by atoms with E-state index in [0.29, 0.717) is 0 Å². The molecule has 3 nitrogen and oxygen atoms in total. The summed E-state index contributed by atoms with van der Waals surface area (Å²) in [5.41, 5.74) is 0. The molecule has 0 aromatic carbocycles. The number of aromatic nitrogens is 1. The number of halogens is 3. The Kier molecular flexibility index (Phi) is 5.20. The Morgan fingerprint density at radius 3 is 2.53 bits per heavy atom. The number of hydrogen-bond donors (Lipinski definition) is 1. The molecule has 0 atom stereocenters. The maximum atomic E-state index is 11.9. The molecular weight excluding hydrogens is 251 g/mol. The molecule has 0 unspecified atom stereocenters. The van der Waals surface area contributed by atoms with Crippen LogP contribution in [0.3, 0.4) is 0 Å². The molecule has 0 bridgehead atoms. The zero-order valence-electron chi connectivity index (χ0n) is 9.84. The predicted molar refractivity (Wildman–Crippen MR) is 63.4 cm³/mol. The first-order valence-corrected chi connectivity index (χ1v) is 6.25. The summed E-state index contributed by atoms with van der Waals surface area (Å²) in [5, 5.41) is 3.22. The first kappa shape index (κ1) is 14.2. The second-order valence-corrected chi connectivity index (χ2v) is 4.59. The van der Waals surface area contributed by atoms with Crippen molar-refractivity contribution in [2.75, 3.05) is 24.5 Å². The third-order valence-corrected chi connectivity index (χ3v) is 3.26. The largest absolute Gasteiger partial charge is 0.401 e. The monoisotopic (exact) mass is 267 g/mol. The first-order chi connectivity index (χ1) is 7.96. The minimum Gasteiger partial charge on any atom is -0.349 e. The Morgan fingerprint density at radius 1 is 1.35 bits per heavy atom. The molecule has 0 saturated carbocycles. The van der Waals surface area contributed by atoms with Gasteiger partial charge in [-0.3, -0.25) is 0 Å². The maximum Gasteiger partial charge on any atom is 0.401 e. The van der Waals surface area contributed by atoms with E-state index in [1.807, 2.05) is 13.8 Å². The molecule has 0 aliphatic heterocycles. The summed E-state index contributed by atoms with van der Waals surface area (Å²) < 4.78 is 35.8.